The van der Waals surface area contributed by atoms with Gasteiger partial charge in [0.2, 0.25) is 0 Å². The number of benzene rings is 3. The minimum atomic E-state index is -3.69. The number of rotatable bonds is 7. The number of aryl methyl sites for hydroxylation is 1. The lowest BCUT2D eigenvalue weighted by atomic mass is 10.2. The molecular weight excluding hydrogens is 436 g/mol. The number of nitrogens with one attached hydrogen (secondary N) is 2. The quantitative estimate of drug-likeness (QED) is 0.421. The van der Waals surface area contributed by atoms with Crippen LogP contribution in [0.2, 0.25) is 5.02 Å². The maximum Gasteiger partial charge on any atom is 0.255 e. The maximum absolute atomic E-state index is 13.1. The lowest BCUT2D eigenvalue weighted by molar-refractivity contribution is 0.102. The van der Waals surface area contributed by atoms with Gasteiger partial charge < -0.3 is 15.7 Å². The van der Waals surface area contributed by atoms with Crippen LogP contribution in [-0.2, 0) is 9.84 Å². The van der Waals surface area contributed by atoms with E-state index >= 15 is 0 Å². The largest absolute Gasteiger partial charge is 0.506 e. The van der Waals surface area contributed by atoms with E-state index in [9.17, 15) is 18.3 Å². The maximum atomic E-state index is 13.1. The summed E-state index contributed by atoms with van der Waals surface area (Å²) < 4.78 is 26.1. The fourth-order valence-electron chi connectivity index (χ4n) is 3.09. The molecule has 1 unspecified atom stereocenters. The van der Waals surface area contributed by atoms with Crippen LogP contribution >= 0.6 is 11.6 Å². The summed E-state index contributed by atoms with van der Waals surface area (Å²) in [4.78, 5) is 12.5. The number of sulfone groups is 1. The molecule has 6 nitrogen and oxygen atoms in total. The van der Waals surface area contributed by atoms with Gasteiger partial charge in [-0.1, -0.05) is 48.9 Å². The van der Waals surface area contributed by atoms with Gasteiger partial charge in [-0.25, -0.2) is 8.42 Å². The molecule has 1 amide bonds. The zero-order valence-corrected chi connectivity index (χ0v) is 18.7. The Morgan fingerprint density at radius 3 is 2.39 bits per heavy atom. The zero-order valence-electron chi connectivity index (χ0n) is 17.1. The van der Waals surface area contributed by atoms with Gasteiger partial charge in [0.25, 0.3) is 5.91 Å². The molecule has 0 aliphatic heterocycles. The third-order valence-corrected chi connectivity index (χ3v) is 7.17. The Kier molecular flexibility index (Phi) is 6.87. The molecule has 0 saturated heterocycles. The van der Waals surface area contributed by atoms with Crippen LogP contribution in [0.3, 0.4) is 0 Å². The van der Waals surface area contributed by atoms with Crippen LogP contribution in [0.4, 0.5) is 11.4 Å². The second kappa shape index (κ2) is 9.41. The number of phenolic OH excluding ortho intramolecular Hbond substituents is 1. The van der Waals surface area contributed by atoms with Gasteiger partial charge >= 0.3 is 0 Å². The molecule has 162 valence electrons. The van der Waals surface area contributed by atoms with Crippen LogP contribution in [0.1, 0.15) is 29.3 Å². The van der Waals surface area contributed by atoms with Crippen molar-refractivity contribution in [2.75, 3.05) is 10.6 Å². The van der Waals surface area contributed by atoms with E-state index in [0.29, 0.717) is 5.56 Å². The van der Waals surface area contributed by atoms with Crippen LogP contribution in [0, 0.1) is 6.92 Å². The molecule has 0 aliphatic carbocycles. The Morgan fingerprint density at radius 1 is 1.03 bits per heavy atom. The highest BCUT2D eigenvalue weighted by atomic mass is 35.5. The lowest BCUT2D eigenvalue weighted by Gasteiger charge is -2.21. The molecular formula is C23H23ClN2O4S. The molecule has 0 saturated carbocycles. The number of amides is 1. The van der Waals surface area contributed by atoms with E-state index in [1.165, 1.54) is 12.1 Å². The number of hydrogen-bond acceptors (Lipinski definition) is 5. The standard InChI is InChI=1S/C23H23ClN2O4S/c1-3-22(31(29,30)17-11-7-8-15(2)12-17)25-19-14-21(27)20(13-18(19)24)26-23(28)16-9-5-4-6-10-16/h4-14,22,25,27H,3H2,1-2H3,(H,26,28). The van der Waals surface area contributed by atoms with E-state index in [-0.39, 0.29) is 33.5 Å². The number of halogens is 1. The molecule has 3 N–H and O–H groups in total. The first-order chi connectivity index (χ1) is 14.7. The molecule has 3 aromatic carbocycles. The smallest absolute Gasteiger partial charge is 0.255 e. The Labute approximate surface area is 186 Å². The predicted molar refractivity (Wildman–Crippen MR) is 124 cm³/mol. The van der Waals surface area contributed by atoms with Crippen molar-refractivity contribution in [3.05, 3.63) is 82.9 Å². The van der Waals surface area contributed by atoms with Crippen LogP contribution in [0.5, 0.6) is 5.75 Å². The Morgan fingerprint density at radius 2 is 1.74 bits per heavy atom. The summed E-state index contributed by atoms with van der Waals surface area (Å²) in [7, 11) is -3.69. The second-order valence-corrected chi connectivity index (χ2v) is 9.61. The second-order valence-electron chi connectivity index (χ2n) is 7.07. The minimum Gasteiger partial charge on any atom is -0.506 e. The van der Waals surface area contributed by atoms with Gasteiger partial charge in [0.05, 0.1) is 21.3 Å². The third-order valence-electron chi connectivity index (χ3n) is 4.75. The van der Waals surface area contributed by atoms with Gasteiger partial charge in [0.15, 0.2) is 9.84 Å². The van der Waals surface area contributed by atoms with Crippen molar-refractivity contribution in [1.29, 1.82) is 0 Å². The summed E-state index contributed by atoms with van der Waals surface area (Å²) in [5, 5.41) is 15.1. The van der Waals surface area contributed by atoms with Crippen molar-refractivity contribution < 1.29 is 18.3 Å². The Hall–Kier alpha value is -3.03. The van der Waals surface area contributed by atoms with Crippen molar-refractivity contribution in [2.45, 2.75) is 30.5 Å². The molecule has 0 bridgehead atoms. The summed E-state index contributed by atoms with van der Waals surface area (Å²) in [6.07, 6.45) is 0.278. The number of carbonyl (C=O) groups is 1. The number of aromatic hydroxyl groups is 1. The lowest BCUT2D eigenvalue weighted by Crippen LogP contribution is -2.29. The van der Waals surface area contributed by atoms with Crippen molar-refractivity contribution in [3.8, 4) is 5.75 Å². The van der Waals surface area contributed by atoms with E-state index in [2.05, 4.69) is 10.6 Å². The van der Waals surface area contributed by atoms with Gasteiger partial charge in [0.1, 0.15) is 11.1 Å². The van der Waals surface area contributed by atoms with Crippen molar-refractivity contribution in [3.63, 3.8) is 0 Å². The van der Waals surface area contributed by atoms with Crippen LogP contribution < -0.4 is 10.6 Å². The van der Waals surface area contributed by atoms with Crippen molar-refractivity contribution in [2.24, 2.45) is 0 Å². The molecule has 31 heavy (non-hydrogen) atoms. The molecule has 3 rings (SSSR count). The highest BCUT2D eigenvalue weighted by Gasteiger charge is 2.27. The highest BCUT2D eigenvalue weighted by molar-refractivity contribution is 7.92. The minimum absolute atomic E-state index is 0.124. The van der Waals surface area contributed by atoms with Gasteiger partial charge in [-0.15, -0.1) is 0 Å². The molecule has 8 heteroatoms. The van der Waals surface area contributed by atoms with Gasteiger partial charge in [-0.05, 0) is 49.2 Å². The summed E-state index contributed by atoms with van der Waals surface area (Å²) in [5.41, 5.74) is 1.64. The third kappa shape index (κ3) is 5.18. The molecule has 3 aromatic rings. The van der Waals surface area contributed by atoms with Crippen molar-refractivity contribution >= 4 is 38.7 Å². The first-order valence-electron chi connectivity index (χ1n) is 9.68. The molecule has 1 atom stereocenters. The molecule has 0 fully saturated rings. The highest BCUT2D eigenvalue weighted by Crippen LogP contribution is 2.35. The first-order valence-corrected chi connectivity index (χ1v) is 11.6. The number of hydrogen-bond donors (Lipinski definition) is 3. The van der Waals surface area contributed by atoms with E-state index in [1.807, 2.05) is 13.0 Å². The van der Waals surface area contributed by atoms with Crippen LogP contribution in [0.25, 0.3) is 0 Å². The topological polar surface area (TPSA) is 95.5 Å². The molecule has 0 heterocycles. The SMILES string of the molecule is CCC(Nc1cc(O)c(NC(=O)c2ccccc2)cc1Cl)S(=O)(=O)c1cccc(C)c1. The summed E-state index contributed by atoms with van der Waals surface area (Å²) in [6.45, 7) is 3.57. The molecule has 0 radical (unpaired) electrons. The summed E-state index contributed by atoms with van der Waals surface area (Å²) in [6, 6.07) is 17.9. The fraction of sp³-hybridized carbons (Fsp3) is 0.174. The monoisotopic (exact) mass is 458 g/mol. The predicted octanol–water partition coefficient (Wildman–Crippen LogP) is 5.23. The zero-order chi connectivity index (χ0) is 22.6. The summed E-state index contributed by atoms with van der Waals surface area (Å²) >= 11 is 6.33. The fourth-order valence-corrected chi connectivity index (χ4v) is 4.97. The van der Waals surface area contributed by atoms with Gasteiger partial charge in [0, 0.05) is 11.6 Å². The molecule has 0 aliphatic rings. The summed E-state index contributed by atoms with van der Waals surface area (Å²) in [5.74, 6) is -0.639. The van der Waals surface area contributed by atoms with Gasteiger partial charge in [-0.2, -0.15) is 0 Å². The Balaban J connectivity index is 1.84. The number of anilines is 2. The van der Waals surface area contributed by atoms with E-state index in [4.69, 9.17) is 11.6 Å². The number of phenols is 1. The van der Waals surface area contributed by atoms with Gasteiger partial charge in [-0.3, -0.25) is 4.79 Å². The van der Waals surface area contributed by atoms with E-state index in [0.717, 1.165) is 5.56 Å². The Bertz CT molecular complexity index is 1200. The van der Waals surface area contributed by atoms with Crippen LogP contribution in [0.15, 0.2) is 71.6 Å². The van der Waals surface area contributed by atoms with E-state index < -0.39 is 21.1 Å². The molecule has 0 aromatic heterocycles. The van der Waals surface area contributed by atoms with Crippen LogP contribution in [-0.4, -0.2) is 24.8 Å². The van der Waals surface area contributed by atoms with Crippen molar-refractivity contribution in [1.82, 2.24) is 0 Å². The number of carbonyl (C=O) groups excluding carboxylic acids is 1. The normalized spacial score (nSPS) is 12.2. The van der Waals surface area contributed by atoms with E-state index in [1.54, 1.807) is 55.5 Å². The molecule has 0 spiro atoms. The first kappa shape index (κ1) is 22.7. The average molecular weight is 459 g/mol. The average Bonchev–Trinajstić information content (AvgIpc) is 2.75.